The standard InChI is InChI=1S/C20H27N3O2S/c1-6-7-15-8-10-16(11-9-15)18-13(4)26-20(22-18)23-19(25)17(12(2)3)21-14(5)24/h8-12,17H,6-7H2,1-5H3,(H,21,24)(H,22,23,25)/t17-/m0/s1. The molecule has 1 heterocycles. The molecule has 26 heavy (non-hydrogen) atoms. The third-order valence-electron chi connectivity index (χ3n) is 4.10. The van der Waals surface area contributed by atoms with Gasteiger partial charge in [-0.3, -0.25) is 9.59 Å². The molecular weight excluding hydrogens is 346 g/mol. The van der Waals surface area contributed by atoms with Gasteiger partial charge in [0.1, 0.15) is 6.04 Å². The lowest BCUT2D eigenvalue weighted by molar-refractivity contribution is -0.126. The predicted molar refractivity (Wildman–Crippen MR) is 107 cm³/mol. The summed E-state index contributed by atoms with van der Waals surface area (Å²) < 4.78 is 0. The van der Waals surface area contributed by atoms with E-state index in [2.05, 4.69) is 46.8 Å². The van der Waals surface area contributed by atoms with E-state index in [-0.39, 0.29) is 17.7 Å². The summed E-state index contributed by atoms with van der Waals surface area (Å²) in [5.41, 5.74) is 3.24. The lowest BCUT2D eigenvalue weighted by Gasteiger charge is -2.20. The molecule has 0 spiro atoms. The summed E-state index contributed by atoms with van der Waals surface area (Å²) in [5, 5.41) is 6.09. The zero-order valence-electron chi connectivity index (χ0n) is 16.1. The van der Waals surface area contributed by atoms with E-state index in [0.717, 1.165) is 29.0 Å². The van der Waals surface area contributed by atoms with E-state index in [1.165, 1.54) is 23.8 Å². The molecule has 1 aromatic heterocycles. The maximum absolute atomic E-state index is 12.5. The van der Waals surface area contributed by atoms with Gasteiger partial charge in [0, 0.05) is 17.4 Å². The van der Waals surface area contributed by atoms with Crippen LogP contribution in [-0.4, -0.2) is 22.8 Å². The Morgan fingerprint density at radius 3 is 2.38 bits per heavy atom. The van der Waals surface area contributed by atoms with Gasteiger partial charge in [-0.15, -0.1) is 11.3 Å². The number of benzene rings is 1. The van der Waals surface area contributed by atoms with E-state index in [1.54, 1.807) is 0 Å². The Balaban J connectivity index is 2.16. The monoisotopic (exact) mass is 373 g/mol. The highest BCUT2D eigenvalue weighted by atomic mass is 32.1. The first-order valence-corrected chi connectivity index (χ1v) is 9.78. The van der Waals surface area contributed by atoms with Crippen molar-refractivity contribution in [1.82, 2.24) is 10.3 Å². The molecule has 0 aliphatic heterocycles. The first-order valence-electron chi connectivity index (χ1n) is 8.96. The average molecular weight is 374 g/mol. The van der Waals surface area contributed by atoms with Gasteiger partial charge in [0.05, 0.1) is 5.69 Å². The van der Waals surface area contributed by atoms with Crippen molar-refractivity contribution < 1.29 is 9.59 Å². The molecular formula is C20H27N3O2S. The molecule has 6 heteroatoms. The maximum atomic E-state index is 12.5. The number of carbonyl (C=O) groups excluding carboxylic acids is 2. The molecule has 1 atom stereocenters. The van der Waals surface area contributed by atoms with Crippen molar-refractivity contribution in [2.75, 3.05) is 5.32 Å². The number of carbonyl (C=O) groups is 2. The summed E-state index contributed by atoms with van der Waals surface area (Å²) in [5.74, 6) is -0.471. The van der Waals surface area contributed by atoms with Gasteiger partial charge < -0.3 is 10.6 Å². The third kappa shape index (κ3) is 5.14. The number of hydrogen-bond acceptors (Lipinski definition) is 4. The molecule has 2 aromatic rings. The molecule has 0 saturated heterocycles. The first-order chi connectivity index (χ1) is 12.3. The molecule has 0 aliphatic rings. The molecule has 0 unspecified atom stereocenters. The quantitative estimate of drug-likeness (QED) is 0.765. The van der Waals surface area contributed by atoms with E-state index in [1.807, 2.05) is 20.8 Å². The number of aromatic nitrogens is 1. The smallest absolute Gasteiger partial charge is 0.248 e. The summed E-state index contributed by atoms with van der Waals surface area (Å²) in [6.07, 6.45) is 2.19. The molecule has 2 N–H and O–H groups in total. The number of rotatable bonds is 7. The number of nitrogens with zero attached hydrogens (tertiary/aromatic N) is 1. The number of thiazole rings is 1. The van der Waals surface area contributed by atoms with E-state index >= 15 is 0 Å². The second-order valence-corrected chi connectivity index (χ2v) is 7.99. The zero-order valence-corrected chi connectivity index (χ0v) is 16.9. The maximum Gasteiger partial charge on any atom is 0.248 e. The molecule has 0 radical (unpaired) electrons. The van der Waals surface area contributed by atoms with Crippen LogP contribution in [-0.2, 0) is 16.0 Å². The Hall–Kier alpha value is -2.21. The number of anilines is 1. The fraction of sp³-hybridized carbons (Fsp3) is 0.450. The van der Waals surface area contributed by atoms with Crippen LogP contribution in [0, 0.1) is 12.8 Å². The van der Waals surface area contributed by atoms with Gasteiger partial charge in [-0.1, -0.05) is 51.5 Å². The number of amides is 2. The number of hydrogen-bond donors (Lipinski definition) is 2. The van der Waals surface area contributed by atoms with Gasteiger partial charge in [0.25, 0.3) is 0 Å². The van der Waals surface area contributed by atoms with Crippen molar-refractivity contribution in [3.8, 4) is 11.3 Å². The van der Waals surface area contributed by atoms with Crippen LogP contribution in [0.2, 0.25) is 0 Å². The minimum atomic E-state index is -0.575. The zero-order chi connectivity index (χ0) is 19.3. The second-order valence-electron chi connectivity index (χ2n) is 6.78. The molecule has 0 bridgehead atoms. The Bertz CT molecular complexity index is 766. The van der Waals surface area contributed by atoms with Crippen LogP contribution in [0.15, 0.2) is 24.3 Å². The summed E-state index contributed by atoms with van der Waals surface area (Å²) in [6.45, 7) is 9.37. The van der Waals surface area contributed by atoms with E-state index in [0.29, 0.717) is 5.13 Å². The lowest BCUT2D eigenvalue weighted by Crippen LogP contribution is -2.46. The number of nitrogens with one attached hydrogen (secondary N) is 2. The first kappa shape index (κ1) is 20.1. The fourth-order valence-corrected chi connectivity index (χ4v) is 3.61. The second kappa shape index (κ2) is 8.94. The van der Waals surface area contributed by atoms with Gasteiger partial charge in [-0.25, -0.2) is 4.98 Å². The molecule has 0 fully saturated rings. The van der Waals surface area contributed by atoms with Crippen molar-refractivity contribution in [1.29, 1.82) is 0 Å². The highest BCUT2D eigenvalue weighted by Gasteiger charge is 2.24. The van der Waals surface area contributed by atoms with Crippen LogP contribution in [0.25, 0.3) is 11.3 Å². The van der Waals surface area contributed by atoms with Crippen molar-refractivity contribution in [3.05, 3.63) is 34.7 Å². The van der Waals surface area contributed by atoms with Crippen LogP contribution >= 0.6 is 11.3 Å². The van der Waals surface area contributed by atoms with Gasteiger partial charge in [0.2, 0.25) is 11.8 Å². The van der Waals surface area contributed by atoms with Gasteiger partial charge in [0.15, 0.2) is 5.13 Å². The Morgan fingerprint density at radius 1 is 1.19 bits per heavy atom. The minimum Gasteiger partial charge on any atom is -0.344 e. The Kier molecular flexibility index (Phi) is 6.91. The van der Waals surface area contributed by atoms with Crippen LogP contribution in [0.4, 0.5) is 5.13 Å². The molecule has 2 amide bonds. The molecule has 2 rings (SSSR count). The lowest BCUT2D eigenvalue weighted by atomic mass is 10.0. The van der Waals surface area contributed by atoms with Crippen LogP contribution in [0.3, 0.4) is 0 Å². The Labute approximate surface area is 159 Å². The van der Waals surface area contributed by atoms with Crippen molar-refractivity contribution in [3.63, 3.8) is 0 Å². The van der Waals surface area contributed by atoms with Gasteiger partial charge in [-0.2, -0.15) is 0 Å². The molecule has 140 valence electrons. The molecule has 0 saturated carbocycles. The molecule has 5 nitrogen and oxygen atoms in total. The summed E-state index contributed by atoms with van der Waals surface area (Å²) >= 11 is 1.44. The highest BCUT2D eigenvalue weighted by Crippen LogP contribution is 2.30. The number of aryl methyl sites for hydroxylation is 2. The van der Waals surface area contributed by atoms with Crippen LogP contribution in [0.1, 0.15) is 44.6 Å². The average Bonchev–Trinajstić information content (AvgIpc) is 2.93. The van der Waals surface area contributed by atoms with E-state index in [9.17, 15) is 9.59 Å². The summed E-state index contributed by atoms with van der Waals surface area (Å²) in [4.78, 5) is 29.5. The predicted octanol–water partition coefficient (Wildman–Crippen LogP) is 4.17. The van der Waals surface area contributed by atoms with E-state index < -0.39 is 6.04 Å². The van der Waals surface area contributed by atoms with Crippen molar-refractivity contribution in [2.45, 2.75) is 53.5 Å². The summed E-state index contributed by atoms with van der Waals surface area (Å²) in [7, 11) is 0. The van der Waals surface area contributed by atoms with Crippen LogP contribution < -0.4 is 10.6 Å². The third-order valence-corrected chi connectivity index (χ3v) is 4.99. The SMILES string of the molecule is CCCc1ccc(-c2nc(NC(=O)[C@@H](NC(C)=O)C(C)C)sc2C)cc1. The fourth-order valence-electron chi connectivity index (χ4n) is 2.77. The van der Waals surface area contributed by atoms with Gasteiger partial charge in [-0.05, 0) is 24.8 Å². The van der Waals surface area contributed by atoms with Crippen molar-refractivity contribution in [2.24, 2.45) is 5.92 Å². The minimum absolute atomic E-state index is 0.00876. The topological polar surface area (TPSA) is 71.1 Å². The van der Waals surface area contributed by atoms with Crippen LogP contribution in [0.5, 0.6) is 0 Å². The normalized spacial score (nSPS) is 12.1. The van der Waals surface area contributed by atoms with Crippen molar-refractivity contribution >= 4 is 28.3 Å². The largest absolute Gasteiger partial charge is 0.344 e. The molecule has 0 aliphatic carbocycles. The van der Waals surface area contributed by atoms with Gasteiger partial charge >= 0.3 is 0 Å². The molecule has 1 aromatic carbocycles. The van der Waals surface area contributed by atoms with E-state index in [4.69, 9.17) is 0 Å². The highest BCUT2D eigenvalue weighted by molar-refractivity contribution is 7.16. The summed E-state index contributed by atoms with van der Waals surface area (Å²) in [6, 6.07) is 7.83. The Morgan fingerprint density at radius 2 is 1.85 bits per heavy atom.